The quantitative estimate of drug-likeness (QED) is 0.764. The zero-order chi connectivity index (χ0) is 19.4. The van der Waals surface area contributed by atoms with Gasteiger partial charge in [0.15, 0.2) is 0 Å². The number of nitrogens with zero attached hydrogens (tertiary/aromatic N) is 2. The molecule has 3 fully saturated rings. The molecule has 0 radical (unpaired) electrons. The van der Waals surface area contributed by atoms with Gasteiger partial charge in [0.25, 0.3) is 0 Å². The smallest absolute Gasteiger partial charge is 0.312 e. The van der Waals surface area contributed by atoms with E-state index in [4.69, 9.17) is 0 Å². The van der Waals surface area contributed by atoms with Crippen molar-refractivity contribution >= 4 is 21.8 Å². The van der Waals surface area contributed by atoms with Gasteiger partial charge in [-0.2, -0.15) is 4.31 Å². The summed E-state index contributed by atoms with van der Waals surface area (Å²) < 4.78 is 40.4. The Morgan fingerprint density at radius 3 is 2.52 bits per heavy atom. The molecule has 0 aromatic heterocycles. The fraction of sp³-hybridized carbons (Fsp3) is 0.556. The molecule has 1 saturated carbocycles. The fourth-order valence-electron chi connectivity index (χ4n) is 4.51. The number of amides is 2. The molecule has 1 N–H and O–H groups in total. The SMILES string of the molecule is C[C@@H]1CCNC(=O)C(=O)N1C1CC2(C1)CN(S(=O)(=O)c1ccccc1F)C2. The Morgan fingerprint density at radius 2 is 1.85 bits per heavy atom. The van der Waals surface area contributed by atoms with Crippen molar-refractivity contribution in [2.24, 2.45) is 5.41 Å². The number of hydrogen-bond acceptors (Lipinski definition) is 4. The highest BCUT2D eigenvalue weighted by Crippen LogP contribution is 2.52. The van der Waals surface area contributed by atoms with Crippen LogP contribution in [0.15, 0.2) is 29.2 Å². The van der Waals surface area contributed by atoms with Crippen molar-refractivity contribution in [3.8, 4) is 0 Å². The summed E-state index contributed by atoms with van der Waals surface area (Å²) in [7, 11) is -3.84. The van der Waals surface area contributed by atoms with Gasteiger partial charge in [0.1, 0.15) is 10.7 Å². The van der Waals surface area contributed by atoms with E-state index in [1.807, 2.05) is 6.92 Å². The number of nitrogens with one attached hydrogen (secondary N) is 1. The molecule has 9 heteroatoms. The highest BCUT2D eigenvalue weighted by molar-refractivity contribution is 7.89. The summed E-state index contributed by atoms with van der Waals surface area (Å²) in [5.74, 6) is -1.83. The van der Waals surface area contributed by atoms with Crippen LogP contribution in [0, 0.1) is 11.2 Å². The largest absolute Gasteiger partial charge is 0.348 e. The molecule has 1 atom stereocenters. The van der Waals surface area contributed by atoms with Gasteiger partial charge in [-0.15, -0.1) is 0 Å². The van der Waals surface area contributed by atoms with Gasteiger partial charge in [0.05, 0.1) is 0 Å². The lowest BCUT2D eigenvalue weighted by Gasteiger charge is -2.60. The van der Waals surface area contributed by atoms with Crippen molar-refractivity contribution in [2.45, 2.75) is 43.2 Å². The predicted octanol–water partition coefficient (Wildman–Crippen LogP) is 0.716. The number of carbonyl (C=O) groups excluding carboxylic acids is 2. The van der Waals surface area contributed by atoms with Crippen molar-refractivity contribution in [1.29, 1.82) is 0 Å². The summed E-state index contributed by atoms with van der Waals surface area (Å²) in [6.07, 6.45) is 2.04. The summed E-state index contributed by atoms with van der Waals surface area (Å²) in [6, 6.07) is 5.29. The predicted molar refractivity (Wildman–Crippen MR) is 94.5 cm³/mol. The van der Waals surface area contributed by atoms with Crippen molar-refractivity contribution in [3.05, 3.63) is 30.1 Å². The minimum atomic E-state index is -3.84. The fourth-order valence-corrected chi connectivity index (χ4v) is 6.24. The highest BCUT2D eigenvalue weighted by atomic mass is 32.2. The molecule has 3 aliphatic rings. The standard InChI is InChI=1S/C18H22FN3O4S/c1-12-6-7-20-16(23)17(24)22(12)13-8-18(9-13)10-21(11-18)27(25,26)15-5-3-2-4-14(15)19/h2-5,12-13H,6-11H2,1H3,(H,20,23)/t12-/m1/s1. The Balaban J connectivity index is 1.42. The van der Waals surface area contributed by atoms with Gasteiger partial charge in [0, 0.05) is 37.1 Å². The van der Waals surface area contributed by atoms with E-state index in [-0.39, 0.29) is 22.4 Å². The zero-order valence-corrected chi connectivity index (χ0v) is 15.8. The first-order valence-corrected chi connectivity index (χ1v) is 10.5. The lowest BCUT2D eigenvalue weighted by Crippen LogP contribution is -2.68. The second kappa shape index (κ2) is 6.27. The van der Waals surface area contributed by atoms with Gasteiger partial charge >= 0.3 is 11.8 Å². The molecule has 2 heterocycles. The van der Waals surface area contributed by atoms with Gasteiger partial charge in [-0.05, 0) is 38.3 Å². The van der Waals surface area contributed by atoms with Crippen molar-refractivity contribution in [3.63, 3.8) is 0 Å². The van der Waals surface area contributed by atoms with Gasteiger partial charge in [0.2, 0.25) is 10.0 Å². The number of sulfonamides is 1. The number of carbonyl (C=O) groups is 2. The minimum Gasteiger partial charge on any atom is -0.348 e. The Kier molecular flexibility index (Phi) is 4.27. The average molecular weight is 395 g/mol. The molecule has 1 aromatic carbocycles. The van der Waals surface area contributed by atoms with Gasteiger partial charge in [-0.3, -0.25) is 9.59 Å². The Labute approximate surface area is 157 Å². The normalized spacial score (nSPS) is 26.3. The van der Waals surface area contributed by atoms with Gasteiger partial charge in [-0.25, -0.2) is 12.8 Å². The molecule has 4 rings (SSSR count). The number of halogens is 1. The number of benzene rings is 1. The maximum absolute atomic E-state index is 13.9. The van der Waals surface area contributed by atoms with Crippen molar-refractivity contribution < 1.29 is 22.4 Å². The van der Waals surface area contributed by atoms with E-state index in [0.29, 0.717) is 38.9 Å². The third kappa shape index (κ3) is 2.93. The highest BCUT2D eigenvalue weighted by Gasteiger charge is 2.58. The Morgan fingerprint density at radius 1 is 1.19 bits per heavy atom. The van der Waals surface area contributed by atoms with Crippen LogP contribution in [-0.2, 0) is 19.6 Å². The molecule has 1 aliphatic carbocycles. The van der Waals surface area contributed by atoms with E-state index in [0.717, 1.165) is 6.07 Å². The van der Waals surface area contributed by atoms with E-state index in [1.165, 1.54) is 22.5 Å². The molecule has 2 amide bonds. The van der Waals surface area contributed by atoms with Crippen LogP contribution in [0.2, 0.25) is 0 Å². The van der Waals surface area contributed by atoms with Crippen LogP contribution >= 0.6 is 0 Å². The molecule has 146 valence electrons. The minimum absolute atomic E-state index is 0.0304. The van der Waals surface area contributed by atoms with Crippen LogP contribution in [0.5, 0.6) is 0 Å². The summed E-state index contributed by atoms with van der Waals surface area (Å²) >= 11 is 0. The van der Waals surface area contributed by atoms with Crippen LogP contribution < -0.4 is 5.32 Å². The van der Waals surface area contributed by atoms with Crippen LogP contribution in [-0.4, -0.2) is 61.2 Å². The molecule has 27 heavy (non-hydrogen) atoms. The molecule has 0 bridgehead atoms. The molecule has 2 saturated heterocycles. The summed E-state index contributed by atoms with van der Waals surface area (Å²) in [5, 5.41) is 2.60. The lowest BCUT2D eigenvalue weighted by atomic mass is 9.61. The molecular formula is C18H22FN3O4S. The second-order valence-corrected chi connectivity index (χ2v) is 9.78. The summed E-state index contributed by atoms with van der Waals surface area (Å²) in [4.78, 5) is 25.5. The monoisotopic (exact) mass is 395 g/mol. The first-order valence-electron chi connectivity index (χ1n) is 9.09. The van der Waals surface area contributed by atoms with Crippen LogP contribution in [0.25, 0.3) is 0 Å². The molecule has 1 spiro atoms. The maximum atomic E-state index is 13.9. The number of rotatable bonds is 3. The van der Waals surface area contributed by atoms with E-state index in [2.05, 4.69) is 5.32 Å². The first-order chi connectivity index (χ1) is 12.7. The van der Waals surface area contributed by atoms with Crippen LogP contribution in [0.4, 0.5) is 4.39 Å². The third-order valence-electron chi connectivity index (χ3n) is 5.96. The second-order valence-electron chi connectivity index (χ2n) is 7.87. The molecule has 1 aromatic rings. The lowest BCUT2D eigenvalue weighted by molar-refractivity contribution is -0.155. The molecule has 7 nitrogen and oxygen atoms in total. The zero-order valence-electron chi connectivity index (χ0n) is 15.0. The Bertz CT molecular complexity index is 890. The van der Waals surface area contributed by atoms with E-state index < -0.39 is 27.7 Å². The third-order valence-corrected chi connectivity index (χ3v) is 7.78. The summed E-state index contributed by atoms with van der Waals surface area (Å²) in [6.45, 7) is 3.05. The number of hydrogen-bond donors (Lipinski definition) is 1. The van der Waals surface area contributed by atoms with Gasteiger partial charge in [-0.1, -0.05) is 12.1 Å². The first kappa shape index (κ1) is 18.4. The summed E-state index contributed by atoms with van der Waals surface area (Å²) in [5.41, 5.74) is -0.175. The van der Waals surface area contributed by atoms with Crippen molar-refractivity contribution in [2.75, 3.05) is 19.6 Å². The maximum Gasteiger partial charge on any atom is 0.312 e. The van der Waals surface area contributed by atoms with Crippen LogP contribution in [0.1, 0.15) is 26.2 Å². The van der Waals surface area contributed by atoms with E-state index >= 15 is 0 Å². The van der Waals surface area contributed by atoms with E-state index in [9.17, 15) is 22.4 Å². The molecular weight excluding hydrogens is 373 g/mol. The van der Waals surface area contributed by atoms with Gasteiger partial charge < -0.3 is 10.2 Å². The Hall–Kier alpha value is -2.00. The van der Waals surface area contributed by atoms with Crippen molar-refractivity contribution in [1.82, 2.24) is 14.5 Å². The average Bonchev–Trinajstić information content (AvgIpc) is 2.65. The molecule has 2 aliphatic heterocycles. The topological polar surface area (TPSA) is 86.8 Å². The molecule has 0 unspecified atom stereocenters. The van der Waals surface area contributed by atoms with Crippen LogP contribution in [0.3, 0.4) is 0 Å². The van der Waals surface area contributed by atoms with E-state index in [1.54, 1.807) is 4.90 Å².